The summed E-state index contributed by atoms with van der Waals surface area (Å²) in [6, 6.07) is 8.49. The van der Waals surface area contributed by atoms with Crippen molar-refractivity contribution in [3.05, 3.63) is 29.8 Å². The molecule has 1 saturated heterocycles. The summed E-state index contributed by atoms with van der Waals surface area (Å²) in [6.07, 6.45) is 6.84. The lowest BCUT2D eigenvalue weighted by Gasteiger charge is -2.36. The zero-order valence-electron chi connectivity index (χ0n) is 16.8. The van der Waals surface area contributed by atoms with Gasteiger partial charge in [0.1, 0.15) is 5.75 Å². The number of benzene rings is 1. The van der Waals surface area contributed by atoms with Crippen molar-refractivity contribution in [3.8, 4) is 5.75 Å². The second-order valence-electron chi connectivity index (χ2n) is 8.27. The molecule has 4 unspecified atom stereocenters. The fraction of sp³-hybridized carbons (Fsp3) is 0.682. The van der Waals surface area contributed by atoms with Crippen LogP contribution in [0, 0.1) is 5.92 Å². The molecule has 1 aromatic rings. The standard InChI is InChI=1S/C22H35N3O2/c1-16-13-18(9-10-20(16)17-7-6-8-19(14-17)27-2)24-15-21(23)22(26)25-11-4-3-5-12-25/h6-8,14,16,18,20-21,24H,3-5,9-13,15,23H2,1-2H3. The van der Waals surface area contributed by atoms with Gasteiger partial charge in [-0.1, -0.05) is 19.1 Å². The molecule has 1 aromatic carbocycles. The Balaban J connectivity index is 1.47. The van der Waals surface area contributed by atoms with Gasteiger partial charge >= 0.3 is 0 Å². The van der Waals surface area contributed by atoms with Crippen molar-refractivity contribution in [2.24, 2.45) is 11.7 Å². The number of ether oxygens (including phenoxy) is 1. The number of hydrogen-bond acceptors (Lipinski definition) is 4. The third kappa shape index (κ3) is 5.23. The van der Waals surface area contributed by atoms with Crippen LogP contribution >= 0.6 is 0 Å². The number of nitrogens with zero attached hydrogens (tertiary/aromatic N) is 1. The molecule has 150 valence electrons. The second kappa shape index (κ2) is 9.56. The van der Waals surface area contributed by atoms with E-state index in [1.807, 2.05) is 11.0 Å². The highest BCUT2D eigenvalue weighted by Crippen LogP contribution is 2.38. The maximum absolute atomic E-state index is 12.5. The van der Waals surface area contributed by atoms with Crippen molar-refractivity contribution in [3.63, 3.8) is 0 Å². The second-order valence-corrected chi connectivity index (χ2v) is 8.27. The van der Waals surface area contributed by atoms with Crippen molar-refractivity contribution >= 4 is 5.91 Å². The topological polar surface area (TPSA) is 67.6 Å². The molecule has 4 atom stereocenters. The Morgan fingerprint density at radius 2 is 2.07 bits per heavy atom. The molecule has 0 bridgehead atoms. The van der Waals surface area contributed by atoms with E-state index in [2.05, 4.69) is 30.4 Å². The number of methoxy groups -OCH3 is 1. The van der Waals surface area contributed by atoms with Crippen LogP contribution in [-0.4, -0.2) is 49.6 Å². The lowest BCUT2D eigenvalue weighted by molar-refractivity contribution is -0.133. The van der Waals surface area contributed by atoms with Crippen LogP contribution in [-0.2, 0) is 4.79 Å². The largest absolute Gasteiger partial charge is 0.497 e. The number of likely N-dealkylation sites (tertiary alicyclic amines) is 1. The normalized spacial score (nSPS) is 27.2. The molecule has 5 heteroatoms. The summed E-state index contributed by atoms with van der Waals surface area (Å²) >= 11 is 0. The Hall–Kier alpha value is -1.59. The number of nitrogens with one attached hydrogen (secondary N) is 1. The van der Waals surface area contributed by atoms with Crippen LogP contribution in [0.15, 0.2) is 24.3 Å². The van der Waals surface area contributed by atoms with Crippen LogP contribution in [0.1, 0.15) is 56.9 Å². The molecule has 27 heavy (non-hydrogen) atoms. The van der Waals surface area contributed by atoms with Crippen LogP contribution in [0.4, 0.5) is 0 Å². The average Bonchev–Trinajstić information content (AvgIpc) is 2.72. The monoisotopic (exact) mass is 373 g/mol. The van der Waals surface area contributed by atoms with Gasteiger partial charge in [0.05, 0.1) is 13.2 Å². The van der Waals surface area contributed by atoms with Crippen LogP contribution in [0.25, 0.3) is 0 Å². The summed E-state index contributed by atoms with van der Waals surface area (Å²) in [5.41, 5.74) is 7.56. The molecule has 0 spiro atoms. The fourth-order valence-electron chi connectivity index (χ4n) is 4.68. The molecule has 2 aliphatic rings. The summed E-state index contributed by atoms with van der Waals surface area (Å²) in [5.74, 6) is 2.21. The minimum atomic E-state index is -0.422. The summed E-state index contributed by atoms with van der Waals surface area (Å²) in [5, 5.41) is 3.57. The highest BCUT2D eigenvalue weighted by atomic mass is 16.5. The number of hydrogen-bond donors (Lipinski definition) is 2. The van der Waals surface area contributed by atoms with Crippen molar-refractivity contribution < 1.29 is 9.53 Å². The minimum absolute atomic E-state index is 0.111. The molecule has 3 N–H and O–H groups in total. The predicted molar refractivity (Wildman–Crippen MR) is 109 cm³/mol. The van der Waals surface area contributed by atoms with Crippen LogP contribution in [0.2, 0.25) is 0 Å². The van der Waals surface area contributed by atoms with Gasteiger partial charge in [-0.3, -0.25) is 4.79 Å². The molecule has 1 amide bonds. The number of carbonyl (C=O) groups excluding carboxylic acids is 1. The third-order valence-corrected chi connectivity index (χ3v) is 6.30. The predicted octanol–water partition coefficient (Wildman–Crippen LogP) is 2.90. The van der Waals surface area contributed by atoms with Crippen molar-refractivity contribution in [1.82, 2.24) is 10.2 Å². The van der Waals surface area contributed by atoms with Gasteiger partial charge in [-0.05, 0) is 68.1 Å². The van der Waals surface area contributed by atoms with Gasteiger partial charge in [0.25, 0.3) is 0 Å². The van der Waals surface area contributed by atoms with Crippen molar-refractivity contribution in [2.45, 2.75) is 63.5 Å². The van der Waals surface area contributed by atoms with E-state index in [4.69, 9.17) is 10.5 Å². The van der Waals surface area contributed by atoms with Gasteiger partial charge in [-0.15, -0.1) is 0 Å². The lowest BCUT2D eigenvalue weighted by Crippen LogP contribution is -2.52. The Morgan fingerprint density at radius 1 is 1.30 bits per heavy atom. The van der Waals surface area contributed by atoms with E-state index in [0.717, 1.165) is 50.9 Å². The van der Waals surface area contributed by atoms with Gasteiger partial charge < -0.3 is 20.7 Å². The van der Waals surface area contributed by atoms with Gasteiger partial charge in [-0.2, -0.15) is 0 Å². The Kier molecular flexibility index (Phi) is 7.13. The molecule has 3 rings (SSSR count). The van der Waals surface area contributed by atoms with E-state index in [1.54, 1.807) is 7.11 Å². The van der Waals surface area contributed by atoms with Crippen LogP contribution < -0.4 is 15.8 Å². The summed E-state index contributed by atoms with van der Waals surface area (Å²) in [7, 11) is 1.72. The van der Waals surface area contributed by atoms with Crippen LogP contribution in [0.5, 0.6) is 5.75 Å². The summed E-state index contributed by atoms with van der Waals surface area (Å²) < 4.78 is 5.38. The maximum Gasteiger partial charge on any atom is 0.240 e. The van der Waals surface area contributed by atoms with E-state index in [1.165, 1.54) is 12.0 Å². The smallest absolute Gasteiger partial charge is 0.240 e. The summed E-state index contributed by atoms with van der Waals surface area (Å²) in [4.78, 5) is 14.4. The van der Waals surface area contributed by atoms with E-state index >= 15 is 0 Å². The Morgan fingerprint density at radius 3 is 2.78 bits per heavy atom. The highest BCUT2D eigenvalue weighted by molar-refractivity contribution is 5.82. The SMILES string of the molecule is COc1cccc(C2CCC(NCC(N)C(=O)N3CCCCC3)CC2C)c1. The zero-order chi connectivity index (χ0) is 19.2. The van der Waals surface area contributed by atoms with E-state index < -0.39 is 6.04 Å². The molecule has 0 aromatic heterocycles. The average molecular weight is 374 g/mol. The van der Waals surface area contributed by atoms with Gasteiger partial charge in [0, 0.05) is 25.7 Å². The highest BCUT2D eigenvalue weighted by Gasteiger charge is 2.30. The molecule has 5 nitrogen and oxygen atoms in total. The molecular weight excluding hydrogens is 338 g/mol. The van der Waals surface area contributed by atoms with E-state index in [-0.39, 0.29) is 5.91 Å². The molecule has 2 fully saturated rings. The quantitative estimate of drug-likeness (QED) is 0.805. The van der Waals surface area contributed by atoms with E-state index in [0.29, 0.717) is 24.4 Å². The third-order valence-electron chi connectivity index (χ3n) is 6.30. The number of amides is 1. The first-order valence-corrected chi connectivity index (χ1v) is 10.5. The fourth-order valence-corrected chi connectivity index (χ4v) is 4.68. The number of piperidine rings is 1. The molecule has 1 aliphatic heterocycles. The molecule has 1 heterocycles. The maximum atomic E-state index is 12.5. The van der Waals surface area contributed by atoms with Gasteiger partial charge in [-0.25, -0.2) is 0 Å². The zero-order valence-corrected chi connectivity index (χ0v) is 16.8. The first kappa shape index (κ1) is 20.2. The van der Waals surface area contributed by atoms with Crippen LogP contribution in [0.3, 0.4) is 0 Å². The lowest BCUT2D eigenvalue weighted by atomic mass is 9.74. The molecule has 0 radical (unpaired) electrons. The number of carbonyl (C=O) groups is 1. The Bertz CT molecular complexity index is 615. The van der Waals surface area contributed by atoms with Crippen molar-refractivity contribution in [2.75, 3.05) is 26.7 Å². The number of nitrogens with two attached hydrogens (primary N) is 1. The first-order chi connectivity index (χ1) is 13.1. The molecule has 1 saturated carbocycles. The number of rotatable bonds is 6. The molecule has 1 aliphatic carbocycles. The summed E-state index contributed by atoms with van der Waals surface area (Å²) in [6.45, 7) is 4.65. The first-order valence-electron chi connectivity index (χ1n) is 10.5. The molecular formula is C22H35N3O2. The van der Waals surface area contributed by atoms with Gasteiger partial charge in [0.2, 0.25) is 5.91 Å². The van der Waals surface area contributed by atoms with Gasteiger partial charge in [0.15, 0.2) is 0 Å². The van der Waals surface area contributed by atoms with Crippen molar-refractivity contribution in [1.29, 1.82) is 0 Å². The van der Waals surface area contributed by atoms with E-state index in [9.17, 15) is 4.79 Å². The minimum Gasteiger partial charge on any atom is -0.497 e. The Labute approximate surface area is 163 Å².